The van der Waals surface area contributed by atoms with Crippen LogP contribution < -0.4 is 0 Å². The van der Waals surface area contributed by atoms with Crippen molar-refractivity contribution in [3.63, 3.8) is 0 Å². The molecule has 62 heavy (non-hydrogen) atoms. The van der Waals surface area contributed by atoms with Gasteiger partial charge in [-0.05, 0) is 122 Å². The summed E-state index contributed by atoms with van der Waals surface area (Å²) in [5.74, 6) is 0. The molecule has 0 fully saturated rings. The van der Waals surface area contributed by atoms with E-state index < -0.39 is 0 Å². The van der Waals surface area contributed by atoms with Crippen LogP contribution in [-0.4, -0.2) is 10.2 Å². The molecule has 0 spiro atoms. The first-order valence-corrected chi connectivity index (χ1v) is 22.3. The summed E-state index contributed by atoms with van der Waals surface area (Å²) in [6.45, 7) is 27.2. The van der Waals surface area contributed by atoms with Crippen LogP contribution in [0.2, 0.25) is 0 Å². The van der Waals surface area contributed by atoms with Crippen LogP contribution in [0.5, 0.6) is 0 Å². The predicted molar refractivity (Wildman–Crippen MR) is 266 cm³/mol. The van der Waals surface area contributed by atoms with E-state index in [0.29, 0.717) is 0 Å². The molecule has 0 heterocycles. The first-order valence-electron chi connectivity index (χ1n) is 22.3. The zero-order chi connectivity index (χ0) is 44.8. The molecule has 0 aliphatic rings. The van der Waals surface area contributed by atoms with Gasteiger partial charge in [0.15, 0.2) is 0 Å². The molecular weight excluding hydrogens is 753 g/mol. The molecule has 2 heteroatoms. The Kier molecular flexibility index (Phi) is 12.2. The van der Waals surface area contributed by atoms with Crippen molar-refractivity contribution in [1.82, 2.24) is 0 Å². The van der Waals surface area contributed by atoms with Gasteiger partial charge < -0.3 is 10.2 Å². The topological polar surface area (TPSA) is 40.5 Å². The highest BCUT2D eigenvalue weighted by Crippen LogP contribution is 2.56. The maximum atomic E-state index is 10.3. The molecule has 0 aliphatic carbocycles. The lowest BCUT2D eigenvalue weighted by Gasteiger charge is -2.30. The fourth-order valence-electron chi connectivity index (χ4n) is 8.58. The molecule has 2 nitrogen and oxygen atoms in total. The van der Waals surface area contributed by atoms with Gasteiger partial charge in [-0.2, -0.15) is 0 Å². The maximum Gasteiger partial charge on any atom is 0.0681 e. The van der Waals surface area contributed by atoms with E-state index in [1.807, 2.05) is 0 Å². The average Bonchev–Trinajstić information content (AvgIpc) is 3.24. The third kappa shape index (κ3) is 9.14. The van der Waals surface area contributed by atoms with Crippen LogP contribution in [0.4, 0.5) is 0 Å². The van der Waals surface area contributed by atoms with Crippen LogP contribution in [0.3, 0.4) is 0 Å². The highest BCUT2D eigenvalue weighted by Gasteiger charge is 2.30. The van der Waals surface area contributed by atoms with Crippen LogP contribution in [0.1, 0.15) is 116 Å². The molecule has 0 amide bonds. The first kappa shape index (κ1) is 44.5. The van der Waals surface area contributed by atoms with E-state index in [1.54, 1.807) is 0 Å². The number of hydrogen-bond donors (Lipinski definition) is 2. The Hall–Kier alpha value is -5.54. The number of aliphatic hydroxyl groups is 2. The average molecular weight is 819 g/mol. The van der Waals surface area contributed by atoms with Crippen molar-refractivity contribution in [3.05, 3.63) is 179 Å². The van der Waals surface area contributed by atoms with Gasteiger partial charge >= 0.3 is 0 Å². The Labute approximate surface area is 372 Å². The van der Waals surface area contributed by atoms with Crippen LogP contribution in [-0.2, 0) is 34.9 Å². The molecule has 7 aromatic rings. The summed E-state index contributed by atoms with van der Waals surface area (Å²) in [7, 11) is 0. The van der Waals surface area contributed by atoms with E-state index in [-0.39, 0.29) is 34.9 Å². The molecule has 0 atom stereocenters. The van der Waals surface area contributed by atoms with Crippen molar-refractivity contribution in [3.8, 4) is 66.8 Å². The smallest absolute Gasteiger partial charge is 0.0681 e. The van der Waals surface area contributed by atoms with Crippen LogP contribution in [0, 0.1) is 0 Å². The fraction of sp³-hybridized carbons (Fsp3) is 0.300. The number of hydrogen-bond acceptors (Lipinski definition) is 2. The minimum Gasteiger partial charge on any atom is -0.392 e. The molecule has 0 aromatic heterocycles. The van der Waals surface area contributed by atoms with Crippen molar-refractivity contribution in [2.24, 2.45) is 0 Å². The summed E-state index contributed by atoms with van der Waals surface area (Å²) in [4.78, 5) is 0. The van der Waals surface area contributed by atoms with E-state index in [0.717, 1.165) is 66.8 Å². The predicted octanol–water partition coefficient (Wildman–Crippen LogP) is 15.9. The van der Waals surface area contributed by atoms with Gasteiger partial charge in [0.2, 0.25) is 0 Å². The molecule has 7 rings (SSSR count). The monoisotopic (exact) mass is 819 g/mol. The third-order valence-electron chi connectivity index (χ3n) is 12.5. The molecule has 0 bridgehead atoms. The standard InChI is InChI=1S/C60H66O2/c1-57(2,3)47-29-21-43(22-30-47)53-51(41-17-13-39(37-61)14-18-41)52(42-19-15-40(38-62)16-20-42)54(44-23-31-48(32-24-44)58(4,5)6)56(46-27-35-50(36-28-46)60(10,11)12)55(53)45-25-33-49(34-26-45)59(7,8)9/h13-36,61-62H,37-38H2,1-12H3. The van der Waals surface area contributed by atoms with E-state index in [1.165, 1.54) is 33.4 Å². The Morgan fingerprint density at radius 1 is 0.242 bits per heavy atom. The summed E-state index contributed by atoms with van der Waals surface area (Å²) in [6.07, 6.45) is 0. The van der Waals surface area contributed by atoms with Crippen LogP contribution in [0.25, 0.3) is 66.8 Å². The largest absolute Gasteiger partial charge is 0.392 e. The molecule has 0 saturated heterocycles. The highest BCUT2D eigenvalue weighted by molar-refractivity contribution is 6.15. The van der Waals surface area contributed by atoms with Gasteiger partial charge in [-0.15, -0.1) is 0 Å². The zero-order valence-electron chi connectivity index (χ0n) is 39.2. The van der Waals surface area contributed by atoms with Crippen molar-refractivity contribution >= 4 is 0 Å². The van der Waals surface area contributed by atoms with Gasteiger partial charge in [-0.1, -0.05) is 229 Å². The molecule has 7 aromatic carbocycles. The van der Waals surface area contributed by atoms with E-state index in [9.17, 15) is 10.2 Å². The van der Waals surface area contributed by atoms with Crippen molar-refractivity contribution in [1.29, 1.82) is 0 Å². The van der Waals surface area contributed by atoms with Gasteiger partial charge in [0.25, 0.3) is 0 Å². The second-order valence-corrected chi connectivity index (χ2v) is 21.3. The van der Waals surface area contributed by atoms with Crippen LogP contribution >= 0.6 is 0 Å². The highest BCUT2D eigenvalue weighted by atomic mass is 16.3. The summed E-state index contributed by atoms with van der Waals surface area (Å²) in [5.41, 5.74) is 20.3. The third-order valence-corrected chi connectivity index (χ3v) is 12.5. The van der Waals surface area contributed by atoms with Crippen molar-refractivity contribution in [2.75, 3.05) is 0 Å². The number of benzene rings is 7. The lowest BCUT2D eigenvalue weighted by molar-refractivity contribution is 0.281. The van der Waals surface area contributed by atoms with E-state index >= 15 is 0 Å². The number of rotatable bonds is 8. The lowest BCUT2D eigenvalue weighted by Crippen LogP contribution is -2.11. The van der Waals surface area contributed by atoms with E-state index in [4.69, 9.17) is 0 Å². The van der Waals surface area contributed by atoms with Crippen molar-refractivity contribution in [2.45, 2.75) is 118 Å². The van der Waals surface area contributed by atoms with Gasteiger partial charge in [0.05, 0.1) is 13.2 Å². The first-order chi connectivity index (χ1) is 29.2. The van der Waals surface area contributed by atoms with E-state index in [2.05, 4.69) is 229 Å². The van der Waals surface area contributed by atoms with Gasteiger partial charge in [0, 0.05) is 0 Å². The Bertz CT molecular complexity index is 2440. The molecule has 2 N–H and O–H groups in total. The van der Waals surface area contributed by atoms with Crippen LogP contribution in [0.15, 0.2) is 146 Å². The molecule has 0 aliphatic heterocycles. The molecule has 0 unspecified atom stereocenters. The van der Waals surface area contributed by atoms with Gasteiger partial charge in [-0.25, -0.2) is 0 Å². The summed E-state index contributed by atoms with van der Waals surface area (Å²) in [6, 6.07) is 53.9. The Morgan fingerprint density at radius 3 is 0.516 bits per heavy atom. The minimum absolute atomic E-state index is 0.0140. The minimum atomic E-state index is -0.0306. The quantitative estimate of drug-likeness (QED) is 0.160. The molecular formula is C60H66O2. The summed E-state index contributed by atoms with van der Waals surface area (Å²) in [5, 5.41) is 20.5. The molecule has 0 saturated carbocycles. The van der Waals surface area contributed by atoms with Gasteiger partial charge in [-0.3, -0.25) is 0 Å². The SMILES string of the molecule is CC(C)(C)c1ccc(-c2c(-c3ccc(CO)cc3)c(-c3ccc(CO)cc3)c(-c3ccc(C(C)(C)C)cc3)c(-c3ccc(C(C)(C)C)cc3)c2-c2ccc(C(C)(C)C)cc2)cc1. The number of aliphatic hydroxyl groups excluding tert-OH is 2. The second-order valence-electron chi connectivity index (χ2n) is 21.3. The second kappa shape index (κ2) is 17.0. The molecule has 318 valence electrons. The zero-order valence-corrected chi connectivity index (χ0v) is 39.2. The summed E-state index contributed by atoms with van der Waals surface area (Å²) < 4.78 is 0. The fourth-order valence-corrected chi connectivity index (χ4v) is 8.58. The summed E-state index contributed by atoms with van der Waals surface area (Å²) >= 11 is 0. The Morgan fingerprint density at radius 2 is 0.387 bits per heavy atom. The lowest BCUT2D eigenvalue weighted by atomic mass is 9.73. The normalized spacial score (nSPS) is 12.5. The van der Waals surface area contributed by atoms with Crippen molar-refractivity contribution < 1.29 is 10.2 Å². The maximum absolute atomic E-state index is 10.3. The van der Waals surface area contributed by atoms with Gasteiger partial charge in [0.1, 0.15) is 0 Å². The Balaban J connectivity index is 1.78. The molecule has 0 radical (unpaired) electrons.